The monoisotopic (exact) mass is 818 g/mol. The van der Waals surface area contributed by atoms with Gasteiger partial charge in [-0.1, -0.05) is 206 Å². The molecule has 1 aliphatic heterocycles. The summed E-state index contributed by atoms with van der Waals surface area (Å²) < 4.78 is 11.1. The van der Waals surface area contributed by atoms with Crippen molar-refractivity contribution in [1.29, 1.82) is 0 Å². The molecule has 0 aliphatic carbocycles. The second-order valence-corrected chi connectivity index (χ2v) is 17.2. The van der Waals surface area contributed by atoms with Crippen LogP contribution in [0.1, 0.15) is 219 Å². The first-order valence-corrected chi connectivity index (χ1v) is 23.9. The van der Waals surface area contributed by atoms with E-state index >= 15 is 0 Å². The lowest BCUT2D eigenvalue weighted by Crippen LogP contribution is -2.60. The highest BCUT2D eigenvalue weighted by Crippen LogP contribution is 2.23. The SMILES string of the molecule is CCCCCCCCCCCCCCCCCCCC(O)C(=O)NC(COC1OC(CO)C(O)C(O)C1O)C(O)C(O)CCCCCCCCCCCCCCC. The van der Waals surface area contributed by atoms with E-state index in [-0.39, 0.29) is 6.42 Å². The van der Waals surface area contributed by atoms with Crippen LogP contribution >= 0.6 is 0 Å². The summed E-state index contributed by atoms with van der Waals surface area (Å²) in [5.41, 5.74) is 0. The molecule has 0 aromatic heterocycles. The summed E-state index contributed by atoms with van der Waals surface area (Å²) in [5, 5.41) is 75.7. The molecule has 0 bridgehead atoms. The zero-order chi connectivity index (χ0) is 41.9. The summed E-state index contributed by atoms with van der Waals surface area (Å²) in [7, 11) is 0. The molecule has 11 nitrogen and oxygen atoms in total. The Morgan fingerprint density at radius 3 is 1.30 bits per heavy atom. The van der Waals surface area contributed by atoms with Gasteiger partial charge in [-0.2, -0.15) is 0 Å². The van der Waals surface area contributed by atoms with Crippen molar-refractivity contribution in [1.82, 2.24) is 5.32 Å². The Hall–Kier alpha value is -0.890. The maximum absolute atomic E-state index is 13.1. The molecule has 8 N–H and O–H groups in total. The minimum absolute atomic E-state index is 0.266. The molecular formula is C46H91NO10. The summed E-state index contributed by atoms with van der Waals surface area (Å²) in [5.74, 6) is -0.693. The Balaban J connectivity index is 2.42. The Bertz CT molecular complexity index is 897. The van der Waals surface area contributed by atoms with E-state index < -0.39 is 74.2 Å². The van der Waals surface area contributed by atoms with Crippen molar-refractivity contribution in [3.63, 3.8) is 0 Å². The lowest BCUT2D eigenvalue weighted by Gasteiger charge is -2.40. The minimum Gasteiger partial charge on any atom is -0.394 e. The lowest BCUT2D eigenvalue weighted by atomic mass is 9.98. The van der Waals surface area contributed by atoms with Crippen LogP contribution in [0.25, 0.3) is 0 Å². The van der Waals surface area contributed by atoms with Crippen LogP contribution in [0.2, 0.25) is 0 Å². The molecule has 1 heterocycles. The number of ether oxygens (including phenoxy) is 2. The highest BCUT2D eigenvalue weighted by Gasteiger charge is 2.44. The molecule has 1 amide bonds. The van der Waals surface area contributed by atoms with Crippen LogP contribution < -0.4 is 5.32 Å². The van der Waals surface area contributed by atoms with Crippen LogP contribution in [-0.4, -0.2) is 110 Å². The topological polar surface area (TPSA) is 189 Å². The van der Waals surface area contributed by atoms with Gasteiger partial charge in [0.2, 0.25) is 5.91 Å². The lowest BCUT2D eigenvalue weighted by molar-refractivity contribution is -0.303. The summed E-state index contributed by atoms with van der Waals surface area (Å²) in [6.07, 6.45) is 25.7. The van der Waals surface area contributed by atoms with Crippen molar-refractivity contribution in [2.45, 2.75) is 274 Å². The number of unbranched alkanes of at least 4 members (excludes halogenated alkanes) is 28. The molecular weight excluding hydrogens is 727 g/mol. The van der Waals surface area contributed by atoms with Crippen molar-refractivity contribution in [2.24, 2.45) is 0 Å². The third-order valence-electron chi connectivity index (χ3n) is 11.9. The minimum atomic E-state index is -1.66. The summed E-state index contributed by atoms with van der Waals surface area (Å²) in [6, 6.07) is -1.16. The van der Waals surface area contributed by atoms with Crippen LogP contribution in [0.4, 0.5) is 0 Å². The molecule has 1 aliphatic rings. The van der Waals surface area contributed by atoms with E-state index in [0.717, 1.165) is 38.5 Å². The number of amides is 1. The molecule has 0 radical (unpaired) electrons. The van der Waals surface area contributed by atoms with Gasteiger partial charge in [0.15, 0.2) is 6.29 Å². The van der Waals surface area contributed by atoms with Crippen molar-refractivity contribution < 1.29 is 50.0 Å². The molecule has 0 aromatic carbocycles. The normalized spacial score (nSPS) is 22.0. The number of hydrogen-bond donors (Lipinski definition) is 8. The quantitative estimate of drug-likeness (QED) is 0.0283. The largest absolute Gasteiger partial charge is 0.394 e. The van der Waals surface area contributed by atoms with E-state index in [4.69, 9.17) is 9.47 Å². The molecule has 57 heavy (non-hydrogen) atoms. The molecule has 1 rings (SSSR count). The molecule has 0 saturated carbocycles. The van der Waals surface area contributed by atoms with Crippen molar-refractivity contribution in [3.05, 3.63) is 0 Å². The predicted molar refractivity (Wildman–Crippen MR) is 229 cm³/mol. The number of carbonyl (C=O) groups excluding carboxylic acids is 1. The number of carbonyl (C=O) groups is 1. The van der Waals surface area contributed by atoms with Gasteiger partial charge in [-0.3, -0.25) is 4.79 Å². The summed E-state index contributed by atoms with van der Waals surface area (Å²) in [4.78, 5) is 13.1. The second kappa shape index (κ2) is 36.9. The highest BCUT2D eigenvalue weighted by atomic mass is 16.7. The zero-order valence-corrected chi connectivity index (χ0v) is 36.6. The molecule has 9 unspecified atom stereocenters. The van der Waals surface area contributed by atoms with Gasteiger partial charge in [0.05, 0.1) is 25.4 Å². The number of rotatable bonds is 40. The Morgan fingerprint density at radius 2 is 0.912 bits per heavy atom. The fraction of sp³-hybridized carbons (Fsp3) is 0.978. The zero-order valence-electron chi connectivity index (χ0n) is 36.6. The van der Waals surface area contributed by atoms with Crippen LogP contribution in [0.5, 0.6) is 0 Å². The third-order valence-corrected chi connectivity index (χ3v) is 11.9. The number of hydrogen-bond acceptors (Lipinski definition) is 10. The number of aliphatic hydroxyl groups excluding tert-OH is 7. The first kappa shape index (κ1) is 54.1. The Labute approximate surface area is 348 Å². The molecule has 340 valence electrons. The van der Waals surface area contributed by atoms with E-state index in [1.165, 1.54) is 141 Å². The van der Waals surface area contributed by atoms with Crippen molar-refractivity contribution in [2.75, 3.05) is 13.2 Å². The van der Waals surface area contributed by atoms with Gasteiger partial charge in [-0.15, -0.1) is 0 Å². The van der Waals surface area contributed by atoms with Crippen molar-refractivity contribution in [3.8, 4) is 0 Å². The summed E-state index contributed by atoms with van der Waals surface area (Å²) >= 11 is 0. The van der Waals surface area contributed by atoms with E-state index in [1.807, 2.05) is 0 Å². The van der Waals surface area contributed by atoms with E-state index in [0.29, 0.717) is 19.3 Å². The second-order valence-electron chi connectivity index (χ2n) is 17.2. The standard InChI is InChI=1S/C46H91NO10/c1-3-5-7-9-11-13-15-17-18-19-20-22-24-26-28-30-32-34-39(50)45(55)47-37(36-56-46-44(54)43(53)42(52)40(35-48)57-46)41(51)38(49)33-31-29-27-25-23-21-16-14-12-10-8-6-4-2/h37-44,46,48-54H,3-36H2,1-2H3,(H,47,55). The molecule has 0 spiro atoms. The van der Waals surface area contributed by atoms with E-state index in [2.05, 4.69) is 19.2 Å². The van der Waals surface area contributed by atoms with Gasteiger partial charge in [-0.25, -0.2) is 0 Å². The Kier molecular flexibility index (Phi) is 35.1. The fourth-order valence-electron chi connectivity index (χ4n) is 7.91. The van der Waals surface area contributed by atoms with Gasteiger partial charge < -0.3 is 50.5 Å². The average molecular weight is 818 g/mol. The summed E-state index contributed by atoms with van der Waals surface area (Å²) in [6.45, 7) is 3.45. The molecule has 1 saturated heterocycles. The van der Waals surface area contributed by atoms with Crippen LogP contribution in [0.3, 0.4) is 0 Å². The number of aliphatic hydroxyl groups is 7. The first-order valence-electron chi connectivity index (χ1n) is 23.9. The van der Waals surface area contributed by atoms with Gasteiger partial charge in [0.1, 0.15) is 36.6 Å². The maximum Gasteiger partial charge on any atom is 0.249 e. The number of nitrogens with one attached hydrogen (secondary N) is 1. The van der Waals surface area contributed by atoms with Gasteiger partial charge >= 0.3 is 0 Å². The highest BCUT2D eigenvalue weighted by molar-refractivity contribution is 5.80. The van der Waals surface area contributed by atoms with E-state index in [9.17, 15) is 40.5 Å². The molecule has 11 heteroatoms. The van der Waals surface area contributed by atoms with Crippen molar-refractivity contribution >= 4 is 5.91 Å². The average Bonchev–Trinajstić information content (AvgIpc) is 3.21. The third kappa shape index (κ3) is 26.8. The molecule has 9 atom stereocenters. The van der Waals surface area contributed by atoms with Crippen LogP contribution in [-0.2, 0) is 14.3 Å². The van der Waals surface area contributed by atoms with Gasteiger partial charge in [0, 0.05) is 0 Å². The van der Waals surface area contributed by atoms with Crippen LogP contribution in [0, 0.1) is 0 Å². The van der Waals surface area contributed by atoms with E-state index in [1.54, 1.807) is 0 Å². The van der Waals surface area contributed by atoms with Crippen LogP contribution in [0.15, 0.2) is 0 Å². The fourth-order valence-corrected chi connectivity index (χ4v) is 7.91. The smallest absolute Gasteiger partial charge is 0.249 e. The van der Waals surface area contributed by atoms with Gasteiger partial charge in [0.25, 0.3) is 0 Å². The molecule has 0 aromatic rings. The Morgan fingerprint density at radius 1 is 0.544 bits per heavy atom. The predicted octanol–water partition coefficient (Wildman–Crippen LogP) is 7.89. The molecule has 1 fully saturated rings. The van der Waals surface area contributed by atoms with Gasteiger partial charge in [-0.05, 0) is 12.8 Å². The maximum atomic E-state index is 13.1. The first-order chi connectivity index (χ1) is 27.7.